The van der Waals surface area contributed by atoms with E-state index in [0.29, 0.717) is 0 Å². The second kappa shape index (κ2) is 18.4. The predicted molar refractivity (Wildman–Crippen MR) is 89.8 cm³/mol. The highest BCUT2D eigenvalue weighted by Gasteiger charge is 1.93. The number of carbonyl (C=O) groups excluding carboxylic acids is 1. The lowest BCUT2D eigenvalue weighted by molar-refractivity contribution is 0.536. The molecule has 0 aromatic rings. The molecule has 1 radical (unpaired) electrons. The summed E-state index contributed by atoms with van der Waals surface area (Å²) in [5, 5.41) is 0. The molecule has 0 amide bonds. The second-order valence-corrected chi connectivity index (χ2v) is 5.91. The van der Waals surface area contributed by atoms with Gasteiger partial charge in [-0.25, -0.2) is 0 Å². The van der Waals surface area contributed by atoms with E-state index in [-0.39, 0.29) is 0 Å². The number of allylic oxidation sites excluding steroid dienone is 2. The number of unbranched alkanes of at least 4 members (excludes halogenated alkanes) is 14. The Morgan fingerprint density at radius 1 is 0.650 bits per heavy atom. The van der Waals surface area contributed by atoms with E-state index in [0.717, 1.165) is 6.42 Å². The highest BCUT2D eigenvalue weighted by atomic mass is 16.1. The molecule has 0 rings (SSSR count). The standard InChI is InChI=1S/C19H35O/c1-2-3-4-5-6-7-8-9-10-11-12-13-14-15-16-17-18-19-20/h17-18H,2-16H2,1H3. The molecule has 0 aliphatic carbocycles. The molecule has 0 aliphatic heterocycles. The first-order valence-corrected chi connectivity index (χ1v) is 8.94. The van der Waals surface area contributed by atoms with Gasteiger partial charge in [0.25, 0.3) is 0 Å². The smallest absolute Gasteiger partial charge is 0.225 e. The van der Waals surface area contributed by atoms with Crippen molar-refractivity contribution >= 4 is 6.29 Å². The zero-order valence-electron chi connectivity index (χ0n) is 13.7. The first kappa shape index (κ1) is 19.4. The summed E-state index contributed by atoms with van der Waals surface area (Å²) in [4.78, 5) is 9.94. The molecule has 0 saturated heterocycles. The Hall–Kier alpha value is -0.590. The third-order valence-electron chi connectivity index (χ3n) is 3.91. The molecule has 20 heavy (non-hydrogen) atoms. The fraction of sp³-hybridized carbons (Fsp3) is 0.842. The maximum atomic E-state index is 9.94. The summed E-state index contributed by atoms with van der Waals surface area (Å²) in [5.41, 5.74) is 0. The average Bonchev–Trinajstić information content (AvgIpc) is 2.47. The van der Waals surface area contributed by atoms with Gasteiger partial charge in [0.05, 0.1) is 0 Å². The summed E-state index contributed by atoms with van der Waals surface area (Å²) >= 11 is 0. The third kappa shape index (κ3) is 17.4. The van der Waals surface area contributed by atoms with E-state index in [2.05, 4.69) is 6.92 Å². The molecule has 0 fully saturated rings. The van der Waals surface area contributed by atoms with Crippen LogP contribution in [0.25, 0.3) is 0 Å². The van der Waals surface area contributed by atoms with E-state index in [9.17, 15) is 4.79 Å². The van der Waals surface area contributed by atoms with Crippen molar-refractivity contribution in [2.45, 2.75) is 103 Å². The van der Waals surface area contributed by atoms with Crippen molar-refractivity contribution in [1.29, 1.82) is 0 Å². The summed E-state index contributed by atoms with van der Waals surface area (Å²) in [6, 6.07) is 0. The second-order valence-electron chi connectivity index (χ2n) is 5.91. The Morgan fingerprint density at radius 3 is 1.45 bits per heavy atom. The van der Waals surface area contributed by atoms with Crippen molar-refractivity contribution in [3.63, 3.8) is 0 Å². The maximum absolute atomic E-state index is 9.94. The van der Waals surface area contributed by atoms with E-state index in [1.165, 1.54) is 96.0 Å². The molecule has 0 aromatic heterocycles. The number of hydrogen-bond acceptors (Lipinski definition) is 1. The van der Waals surface area contributed by atoms with Crippen LogP contribution in [0.4, 0.5) is 0 Å². The van der Waals surface area contributed by atoms with Gasteiger partial charge in [-0.2, -0.15) is 0 Å². The minimum absolute atomic E-state index is 1.03. The Labute approximate surface area is 127 Å². The first-order valence-electron chi connectivity index (χ1n) is 8.94. The Bertz CT molecular complexity index is 208. The van der Waals surface area contributed by atoms with E-state index in [1.807, 2.05) is 6.08 Å². The monoisotopic (exact) mass is 279 g/mol. The SMILES string of the molecule is CCCCCCCCCCCCCCCCC=C[C]=O. The lowest BCUT2D eigenvalue weighted by atomic mass is 10.0. The predicted octanol–water partition coefficient (Wildman–Crippen LogP) is 6.52. The summed E-state index contributed by atoms with van der Waals surface area (Å²) < 4.78 is 0. The fourth-order valence-electron chi connectivity index (χ4n) is 2.59. The van der Waals surface area contributed by atoms with E-state index >= 15 is 0 Å². The Kier molecular flexibility index (Phi) is 17.9. The molecule has 0 N–H and O–H groups in total. The van der Waals surface area contributed by atoms with Gasteiger partial charge in [-0.15, -0.1) is 0 Å². The molecular weight excluding hydrogens is 244 g/mol. The van der Waals surface area contributed by atoms with Crippen LogP contribution in [0.2, 0.25) is 0 Å². The van der Waals surface area contributed by atoms with Crippen LogP contribution in [0.3, 0.4) is 0 Å². The van der Waals surface area contributed by atoms with Crippen LogP contribution >= 0.6 is 0 Å². The number of rotatable bonds is 16. The highest BCUT2D eigenvalue weighted by molar-refractivity contribution is 5.65. The van der Waals surface area contributed by atoms with Crippen LogP contribution in [0.5, 0.6) is 0 Å². The third-order valence-corrected chi connectivity index (χ3v) is 3.91. The molecule has 1 nitrogen and oxygen atoms in total. The molecule has 0 aromatic carbocycles. The van der Waals surface area contributed by atoms with Crippen LogP contribution in [-0.4, -0.2) is 6.29 Å². The van der Waals surface area contributed by atoms with Gasteiger partial charge < -0.3 is 0 Å². The van der Waals surface area contributed by atoms with Gasteiger partial charge in [-0.1, -0.05) is 96.5 Å². The number of hydrogen-bond donors (Lipinski definition) is 0. The van der Waals surface area contributed by atoms with Gasteiger partial charge in [-0.05, 0) is 18.9 Å². The first-order chi connectivity index (χ1) is 9.91. The van der Waals surface area contributed by atoms with Crippen LogP contribution in [0, 0.1) is 0 Å². The van der Waals surface area contributed by atoms with E-state index in [4.69, 9.17) is 0 Å². The van der Waals surface area contributed by atoms with Crippen molar-refractivity contribution in [3.05, 3.63) is 12.2 Å². The van der Waals surface area contributed by atoms with E-state index < -0.39 is 0 Å². The molecule has 1 heteroatoms. The van der Waals surface area contributed by atoms with Crippen molar-refractivity contribution in [2.24, 2.45) is 0 Å². The Morgan fingerprint density at radius 2 is 1.05 bits per heavy atom. The lowest BCUT2D eigenvalue weighted by Gasteiger charge is -2.02. The normalized spacial score (nSPS) is 11.2. The van der Waals surface area contributed by atoms with Crippen LogP contribution in [0.1, 0.15) is 103 Å². The topological polar surface area (TPSA) is 17.1 Å². The van der Waals surface area contributed by atoms with Crippen molar-refractivity contribution in [1.82, 2.24) is 0 Å². The minimum atomic E-state index is 1.03. The molecule has 0 atom stereocenters. The van der Waals surface area contributed by atoms with Crippen LogP contribution < -0.4 is 0 Å². The largest absolute Gasteiger partial charge is 0.286 e. The minimum Gasteiger partial charge on any atom is -0.286 e. The summed E-state index contributed by atoms with van der Waals surface area (Å²) in [6.07, 6.45) is 25.8. The van der Waals surface area contributed by atoms with Gasteiger partial charge in [0, 0.05) is 0 Å². The zero-order valence-corrected chi connectivity index (χ0v) is 13.7. The molecule has 0 heterocycles. The molecule has 0 aliphatic rings. The molecule has 0 saturated carbocycles. The molecule has 0 unspecified atom stereocenters. The molecule has 117 valence electrons. The summed E-state index contributed by atoms with van der Waals surface area (Å²) in [5.74, 6) is 0. The Balaban J connectivity index is 2.95. The van der Waals surface area contributed by atoms with Crippen LogP contribution in [0.15, 0.2) is 12.2 Å². The fourth-order valence-corrected chi connectivity index (χ4v) is 2.59. The van der Waals surface area contributed by atoms with Gasteiger partial charge in [0.15, 0.2) is 0 Å². The average molecular weight is 279 g/mol. The van der Waals surface area contributed by atoms with Gasteiger partial charge in [0.1, 0.15) is 0 Å². The van der Waals surface area contributed by atoms with Gasteiger partial charge >= 0.3 is 0 Å². The summed E-state index contributed by atoms with van der Waals surface area (Å²) in [6.45, 7) is 2.28. The van der Waals surface area contributed by atoms with Gasteiger partial charge in [0.2, 0.25) is 6.29 Å². The lowest BCUT2D eigenvalue weighted by Crippen LogP contribution is -1.83. The van der Waals surface area contributed by atoms with Crippen molar-refractivity contribution in [3.8, 4) is 0 Å². The molecular formula is C19H35O. The van der Waals surface area contributed by atoms with Gasteiger partial charge in [-0.3, -0.25) is 4.79 Å². The highest BCUT2D eigenvalue weighted by Crippen LogP contribution is 2.13. The molecule has 0 spiro atoms. The summed E-state index contributed by atoms with van der Waals surface area (Å²) in [7, 11) is 0. The quantitative estimate of drug-likeness (QED) is 0.232. The van der Waals surface area contributed by atoms with Crippen molar-refractivity contribution < 1.29 is 4.79 Å². The van der Waals surface area contributed by atoms with Crippen LogP contribution in [-0.2, 0) is 4.79 Å². The van der Waals surface area contributed by atoms with Crippen molar-refractivity contribution in [2.75, 3.05) is 0 Å². The van der Waals surface area contributed by atoms with E-state index in [1.54, 1.807) is 6.29 Å². The molecule has 0 bridgehead atoms. The maximum Gasteiger partial charge on any atom is 0.225 e. The zero-order chi connectivity index (χ0) is 14.7.